The van der Waals surface area contributed by atoms with Gasteiger partial charge in [0.05, 0.1) is 19.7 Å². The monoisotopic (exact) mass is 392 g/mol. The lowest BCUT2D eigenvalue weighted by atomic mass is 10.0. The third-order valence-electron chi connectivity index (χ3n) is 6.41. The van der Waals surface area contributed by atoms with E-state index in [1.54, 1.807) is 7.11 Å². The molecular formula is C25H32N2O2. The van der Waals surface area contributed by atoms with Crippen LogP contribution in [-0.4, -0.2) is 42.5 Å². The molecule has 154 valence electrons. The van der Waals surface area contributed by atoms with Gasteiger partial charge in [-0.25, -0.2) is 0 Å². The molecule has 1 amide bonds. The molecule has 1 heterocycles. The highest BCUT2D eigenvalue weighted by atomic mass is 16.5. The van der Waals surface area contributed by atoms with Gasteiger partial charge in [0.1, 0.15) is 5.75 Å². The molecule has 4 nitrogen and oxygen atoms in total. The molecule has 0 N–H and O–H groups in total. The predicted octanol–water partition coefficient (Wildman–Crippen LogP) is 4.83. The second-order valence-corrected chi connectivity index (χ2v) is 8.48. The van der Waals surface area contributed by atoms with Gasteiger partial charge in [0.15, 0.2) is 0 Å². The van der Waals surface area contributed by atoms with Crippen LogP contribution in [0.3, 0.4) is 0 Å². The Morgan fingerprint density at radius 3 is 2.66 bits per heavy atom. The minimum absolute atomic E-state index is 0.160. The second-order valence-electron chi connectivity index (χ2n) is 8.48. The Morgan fingerprint density at radius 1 is 1.14 bits per heavy atom. The maximum absolute atomic E-state index is 13.4. The van der Waals surface area contributed by atoms with Gasteiger partial charge in [-0.2, -0.15) is 0 Å². The summed E-state index contributed by atoms with van der Waals surface area (Å²) in [6.07, 6.45) is 4.67. The lowest BCUT2D eigenvalue weighted by molar-refractivity contribution is -0.134. The number of likely N-dealkylation sites (tertiary alicyclic amines) is 1. The maximum atomic E-state index is 13.4. The summed E-state index contributed by atoms with van der Waals surface area (Å²) in [5, 5.41) is 0. The highest BCUT2D eigenvalue weighted by Gasteiger charge is 2.33. The first-order chi connectivity index (χ1) is 14.2. The summed E-state index contributed by atoms with van der Waals surface area (Å²) in [5.74, 6) is 1.86. The SMILES string of the molecule is COc1cccc(C2CCCN2C(=O)CN(CC2CC2)C(C)c2ccccc2)c1. The number of benzene rings is 2. The molecule has 1 saturated heterocycles. The molecule has 2 atom stereocenters. The number of hydrogen-bond donors (Lipinski definition) is 0. The van der Waals surface area contributed by atoms with Crippen molar-refractivity contribution in [1.29, 1.82) is 0 Å². The van der Waals surface area contributed by atoms with E-state index < -0.39 is 0 Å². The van der Waals surface area contributed by atoms with E-state index in [0.29, 0.717) is 6.54 Å². The summed E-state index contributed by atoms with van der Waals surface area (Å²) in [6.45, 7) is 4.58. The first kappa shape index (κ1) is 20.0. The van der Waals surface area contributed by atoms with Crippen molar-refractivity contribution in [1.82, 2.24) is 9.80 Å². The van der Waals surface area contributed by atoms with E-state index in [1.807, 2.05) is 12.1 Å². The van der Waals surface area contributed by atoms with Crippen LogP contribution >= 0.6 is 0 Å². The number of amides is 1. The Labute approximate surface area is 174 Å². The van der Waals surface area contributed by atoms with E-state index >= 15 is 0 Å². The van der Waals surface area contributed by atoms with Gasteiger partial charge < -0.3 is 9.64 Å². The predicted molar refractivity (Wildman–Crippen MR) is 116 cm³/mol. The van der Waals surface area contributed by atoms with Crippen LogP contribution in [0.5, 0.6) is 5.75 Å². The highest BCUT2D eigenvalue weighted by molar-refractivity contribution is 5.79. The van der Waals surface area contributed by atoms with E-state index in [9.17, 15) is 4.79 Å². The first-order valence-electron chi connectivity index (χ1n) is 10.9. The quantitative estimate of drug-likeness (QED) is 0.645. The normalized spacial score (nSPS) is 20.1. The lowest BCUT2D eigenvalue weighted by Crippen LogP contribution is -2.41. The smallest absolute Gasteiger partial charge is 0.237 e. The van der Waals surface area contributed by atoms with Gasteiger partial charge in [0, 0.05) is 19.1 Å². The van der Waals surface area contributed by atoms with Crippen LogP contribution in [0.1, 0.15) is 55.8 Å². The zero-order chi connectivity index (χ0) is 20.2. The Hall–Kier alpha value is -2.33. The molecule has 1 aliphatic carbocycles. The van der Waals surface area contributed by atoms with Gasteiger partial charge >= 0.3 is 0 Å². The zero-order valence-electron chi connectivity index (χ0n) is 17.6. The summed E-state index contributed by atoms with van der Waals surface area (Å²) >= 11 is 0. The van der Waals surface area contributed by atoms with Gasteiger partial charge in [-0.1, -0.05) is 42.5 Å². The number of carbonyl (C=O) groups excluding carboxylic acids is 1. The Morgan fingerprint density at radius 2 is 1.93 bits per heavy atom. The van der Waals surface area contributed by atoms with Crippen molar-refractivity contribution >= 4 is 5.91 Å². The van der Waals surface area contributed by atoms with Gasteiger partial charge in [-0.3, -0.25) is 9.69 Å². The van der Waals surface area contributed by atoms with E-state index in [-0.39, 0.29) is 18.0 Å². The Kier molecular flexibility index (Phi) is 6.19. The number of rotatable bonds is 8. The third-order valence-corrected chi connectivity index (χ3v) is 6.41. The lowest BCUT2D eigenvalue weighted by Gasteiger charge is -2.32. The van der Waals surface area contributed by atoms with Gasteiger partial charge in [-0.15, -0.1) is 0 Å². The second kappa shape index (κ2) is 9.00. The number of hydrogen-bond acceptors (Lipinski definition) is 3. The van der Waals surface area contributed by atoms with Gasteiger partial charge in [0.2, 0.25) is 5.91 Å². The minimum atomic E-state index is 0.160. The van der Waals surface area contributed by atoms with Crippen molar-refractivity contribution in [3.63, 3.8) is 0 Å². The van der Waals surface area contributed by atoms with Crippen molar-refractivity contribution in [2.75, 3.05) is 26.7 Å². The molecule has 2 aromatic rings. The molecule has 29 heavy (non-hydrogen) atoms. The van der Waals surface area contributed by atoms with E-state index in [0.717, 1.165) is 37.6 Å². The number of methoxy groups -OCH3 is 1. The average Bonchev–Trinajstić information content (AvgIpc) is 3.44. The van der Waals surface area contributed by atoms with Crippen molar-refractivity contribution in [2.24, 2.45) is 5.92 Å². The molecule has 2 aromatic carbocycles. The summed E-state index contributed by atoms with van der Waals surface area (Å²) < 4.78 is 5.39. The van der Waals surface area contributed by atoms with Crippen LogP contribution in [0.15, 0.2) is 54.6 Å². The molecule has 1 aliphatic heterocycles. The van der Waals surface area contributed by atoms with Crippen LogP contribution in [0, 0.1) is 5.92 Å². The maximum Gasteiger partial charge on any atom is 0.237 e. The highest BCUT2D eigenvalue weighted by Crippen LogP contribution is 2.35. The standard InChI is InChI=1S/C25H32N2O2/c1-19(21-8-4-3-5-9-21)26(17-20-13-14-20)18-25(28)27-15-7-12-24(27)22-10-6-11-23(16-22)29-2/h3-6,8-11,16,19-20,24H,7,12-15,17-18H2,1-2H3. The summed E-state index contributed by atoms with van der Waals surface area (Å²) in [4.78, 5) is 17.9. The molecule has 0 bridgehead atoms. The Bertz CT molecular complexity index is 819. The molecule has 2 aliphatic rings. The molecule has 0 spiro atoms. The van der Waals surface area contributed by atoms with Crippen molar-refractivity contribution in [3.8, 4) is 5.75 Å². The minimum Gasteiger partial charge on any atom is -0.497 e. The molecule has 2 unspecified atom stereocenters. The van der Waals surface area contributed by atoms with Crippen LogP contribution in [0.25, 0.3) is 0 Å². The van der Waals surface area contributed by atoms with Gasteiger partial charge in [0.25, 0.3) is 0 Å². The van der Waals surface area contributed by atoms with E-state index in [1.165, 1.54) is 24.0 Å². The molecule has 1 saturated carbocycles. The van der Waals surface area contributed by atoms with Crippen molar-refractivity contribution < 1.29 is 9.53 Å². The van der Waals surface area contributed by atoms with Crippen molar-refractivity contribution in [2.45, 2.75) is 44.7 Å². The van der Waals surface area contributed by atoms with Crippen LogP contribution in [-0.2, 0) is 4.79 Å². The topological polar surface area (TPSA) is 32.8 Å². The number of nitrogens with zero attached hydrogens (tertiary/aromatic N) is 2. The molecular weight excluding hydrogens is 360 g/mol. The zero-order valence-corrected chi connectivity index (χ0v) is 17.6. The largest absolute Gasteiger partial charge is 0.497 e. The molecule has 0 aromatic heterocycles. The van der Waals surface area contributed by atoms with Crippen molar-refractivity contribution in [3.05, 3.63) is 65.7 Å². The summed E-state index contributed by atoms with van der Waals surface area (Å²) in [6, 6.07) is 19.1. The number of carbonyl (C=O) groups is 1. The van der Waals surface area contributed by atoms with E-state index in [4.69, 9.17) is 4.74 Å². The fourth-order valence-corrected chi connectivity index (χ4v) is 4.46. The molecule has 0 radical (unpaired) electrons. The third kappa shape index (κ3) is 4.81. The molecule has 4 rings (SSSR count). The fraction of sp³-hybridized carbons (Fsp3) is 0.480. The number of ether oxygens (including phenoxy) is 1. The summed E-state index contributed by atoms with van der Waals surface area (Å²) in [5.41, 5.74) is 2.46. The first-order valence-corrected chi connectivity index (χ1v) is 10.9. The van der Waals surface area contributed by atoms with Gasteiger partial charge in [-0.05, 0) is 61.8 Å². The summed E-state index contributed by atoms with van der Waals surface area (Å²) in [7, 11) is 1.69. The van der Waals surface area contributed by atoms with Crippen LogP contribution < -0.4 is 4.74 Å². The van der Waals surface area contributed by atoms with E-state index in [2.05, 4.69) is 59.2 Å². The molecule has 2 fully saturated rings. The molecule has 4 heteroatoms. The fourth-order valence-electron chi connectivity index (χ4n) is 4.46. The van der Waals surface area contributed by atoms with Crippen LogP contribution in [0.4, 0.5) is 0 Å². The Balaban J connectivity index is 1.48. The average molecular weight is 393 g/mol. The van der Waals surface area contributed by atoms with Crippen LogP contribution in [0.2, 0.25) is 0 Å².